The minimum Gasteiger partial charge on any atom is -0.449 e. The molecular weight excluding hydrogens is 726 g/mol. The first-order valence-electron chi connectivity index (χ1n) is 19.5. The van der Waals surface area contributed by atoms with Crippen molar-refractivity contribution in [3.8, 4) is 34.1 Å². The molecule has 4 nitrogen and oxygen atoms in total. The van der Waals surface area contributed by atoms with Gasteiger partial charge >= 0.3 is 0 Å². The lowest BCUT2D eigenvalue weighted by Crippen LogP contribution is -2.31. The van der Waals surface area contributed by atoms with E-state index in [0.717, 1.165) is 34.1 Å². The Kier molecular flexibility index (Phi) is 9.63. The molecule has 2 aliphatic rings. The van der Waals surface area contributed by atoms with Gasteiger partial charge in [0.1, 0.15) is 0 Å². The summed E-state index contributed by atoms with van der Waals surface area (Å²) in [5.41, 5.74) is 12.0. The van der Waals surface area contributed by atoms with Crippen LogP contribution in [-0.4, -0.2) is 11.6 Å². The predicted molar refractivity (Wildman–Crippen MR) is 238 cm³/mol. The zero-order chi connectivity index (χ0) is 39.8. The molecular formula is C50H52O4P2. The highest BCUT2D eigenvalue weighted by atomic mass is 31.1. The summed E-state index contributed by atoms with van der Waals surface area (Å²) in [6.07, 6.45) is 0. The second kappa shape index (κ2) is 14.1. The van der Waals surface area contributed by atoms with Gasteiger partial charge in [-0.05, 0) is 127 Å². The van der Waals surface area contributed by atoms with Crippen LogP contribution in [-0.2, 0) is 0 Å². The van der Waals surface area contributed by atoms with Gasteiger partial charge in [0.25, 0.3) is 0 Å². The highest BCUT2D eigenvalue weighted by Gasteiger charge is 2.42. The van der Waals surface area contributed by atoms with Gasteiger partial charge in [-0.25, -0.2) is 0 Å². The average Bonchev–Trinajstić information content (AvgIpc) is 3.56. The molecule has 6 heteroatoms. The zero-order valence-corrected chi connectivity index (χ0v) is 36.6. The van der Waals surface area contributed by atoms with Crippen LogP contribution in [0.2, 0.25) is 0 Å². The van der Waals surface area contributed by atoms with Gasteiger partial charge < -0.3 is 18.9 Å². The normalized spacial score (nSPS) is 14.9. The van der Waals surface area contributed by atoms with E-state index in [1.807, 2.05) is 27.7 Å². The van der Waals surface area contributed by atoms with Crippen LogP contribution in [0.5, 0.6) is 23.0 Å². The molecule has 286 valence electrons. The maximum atomic E-state index is 6.97. The van der Waals surface area contributed by atoms with Gasteiger partial charge in [0.2, 0.25) is 11.6 Å². The molecule has 0 radical (unpaired) electrons. The summed E-state index contributed by atoms with van der Waals surface area (Å²) in [6.45, 7) is 25.6. The Morgan fingerprint density at radius 3 is 0.839 bits per heavy atom. The molecule has 0 aliphatic carbocycles. The lowest BCUT2D eigenvalue weighted by atomic mass is 10.0. The molecule has 0 saturated carbocycles. The molecule has 0 bridgehead atoms. The summed E-state index contributed by atoms with van der Waals surface area (Å²) >= 11 is 0. The highest BCUT2D eigenvalue weighted by Crippen LogP contribution is 2.56. The van der Waals surface area contributed by atoms with Gasteiger partial charge in [-0.15, -0.1) is 0 Å². The van der Waals surface area contributed by atoms with E-state index in [1.165, 1.54) is 76.3 Å². The standard InChI is InChI=1S/C50H52O4P2/c1-29-17-30(2)22-37(21-29)55(38-23-31(3)18-32(4)24-38)43-15-13-41-47(53-49(9,10)51-41)45(43)46-44(16-14-42-48(46)54-50(11,12)52-42)56(39-25-33(5)19-34(6)26-39)40-27-35(7)20-36(8)28-40/h13-28H,1-12H3. The number of hydrogen-bond donors (Lipinski definition) is 0. The largest absolute Gasteiger partial charge is 0.449 e. The molecule has 0 atom stereocenters. The smallest absolute Gasteiger partial charge is 0.246 e. The number of hydrogen-bond acceptors (Lipinski definition) is 4. The third-order valence-corrected chi connectivity index (χ3v) is 15.0. The first-order chi connectivity index (χ1) is 26.4. The number of aryl methyl sites for hydroxylation is 8. The van der Waals surface area contributed by atoms with Crippen molar-refractivity contribution in [1.29, 1.82) is 0 Å². The number of benzene rings is 6. The van der Waals surface area contributed by atoms with Gasteiger partial charge in [-0.2, -0.15) is 0 Å². The molecule has 0 fully saturated rings. The van der Waals surface area contributed by atoms with Crippen molar-refractivity contribution < 1.29 is 18.9 Å². The van der Waals surface area contributed by atoms with Crippen molar-refractivity contribution in [2.75, 3.05) is 0 Å². The van der Waals surface area contributed by atoms with Gasteiger partial charge in [0.15, 0.2) is 23.0 Å². The Balaban J connectivity index is 1.54. The predicted octanol–water partition coefficient (Wildman–Crippen LogP) is 10.4. The first kappa shape index (κ1) is 38.3. The van der Waals surface area contributed by atoms with Crippen LogP contribution in [0.15, 0.2) is 97.1 Å². The van der Waals surface area contributed by atoms with Crippen LogP contribution in [0.1, 0.15) is 72.2 Å². The average molecular weight is 779 g/mol. The molecule has 6 aromatic carbocycles. The monoisotopic (exact) mass is 778 g/mol. The van der Waals surface area contributed by atoms with E-state index < -0.39 is 27.4 Å². The van der Waals surface area contributed by atoms with Crippen LogP contribution in [0.3, 0.4) is 0 Å². The van der Waals surface area contributed by atoms with Crippen LogP contribution in [0.25, 0.3) is 11.1 Å². The van der Waals surface area contributed by atoms with E-state index in [4.69, 9.17) is 18.9 Å². The fourth-order valence-electron chi connectivity index (χ4n) is 8.56. The molecule has 8 rings (SSSR count). The molecule has 6 aromatic rings. The molecule has 0 aromatic heterocycles. The fourth-order valence-corrected chi connectivity index (χ4v) is 14.3. The summed E-state index contributed by atoms with van der Waals surface area (Å²) in [5.74, 6) is 1.22. The maximum Gasteiger partial charge on any atom is 0.246 e. The van der Waals surface area contributed by atoms with Crippen LogP contribution < -0.4 is 50.8 Å². The number of ether oxygens (including phenoxy) is 4. The summed E-state index contributed by atoms with van der Waals surface area (Å²) < 4.78 is 27.1. The lowest BCUT2D eigenvalue weighted by molar-refractivity contribution is -0.0442. The zero-order valence-electron chi connectivity index (χ0n) is 34.8. The van der Waals surface area contributed by atoms with Gasteiger partial charge in [0.05, 0.1) is 0 Å². The topological polar surface area (TPSA) is 36.9 Å². The third kappa shape index (κ3) is 7.35. The lowest BCUT2D eigenvalue weighted by Gasteiger charge is -2.29. The van der Waals surface area contributed by atoms with Crippen molar-refractivity contribution in [3.63, 3.8) is 0 Å². The van der Waals surface area contributed by atoms with Crippen LogP contribution in [0, 0.1) is 55.4 Å². The molecule has 0 amide bonds. The Bertz CT molecular complexity index is 2190. The van der Waals surface area contributed by atoms with E-state index in [2.05, 4.69) is 152 Å². The SMILES string of the molecule is Cc1cc(C)cc(P(c2cc(C)cc(C)c2)c2ccc3c(c2-c2c(P(c4cc(C)cc(C)c4)c4cc(C)cc(C)c4)ccc4c2OC(C)(C)O4)OC(C)(C)O3)c1. The molecule has 0 unspecified atom stereocenters. The molecule has 56 heavy (non-hydrogen) atoms. The van der Waals surface area contributed by atoms with Crippen molar-refractivity contribution in [1.82, 2.24) is 0 Å². The molecule has 0 saturated heterocycles. The van der Waals surface area contributed by atoms with E-state index in [1.54, 1.807) is 0 Å². The van der Waals surface area contributed by atoms with Crippen molar-refractivity contribution in [3.05, 3.63) is 142 Å². The van der Waals surface area contributed by atoms with Crippen LogP contribution in [0.4, 0.5) is 0 Å². The Labute approximate surface area is 335 Å². The Morgan fingerprint density at radius 1 is 0.339 bits per heavy atom. The van der Waals surface area contributed by atoms with Gasteiger partial charge in [-0.1, -0.05) is 117 Å². The van der Waals surface area contributed by atoms with E-state index in [9.17, 15) is 0 Å². The number of rotatable bonds is 7. The quantitative estimate of drug-likeness (QED) is 0.151. The fraction of sp³-hybridized carbons (Fsp3) is 0.280. The first-order valence-corrected chi connectivity index (χ1v) is 22.2. The second-order valence-electron chi connectivity index (χ2n) is 16.8. The second-order valence-corrected chi connectivity index (χ2v) is 21.2. The Hall–Kier alpha value is -4.62. The minimum atomic E-state index is -1.11. The summed E-state index contributed by atoms with van der Waals surface area (Å²) in [5, 5.41) is 7.54. The highest BCUT2D eigenvalue weighted by molar-refractivity contribution is 7.80. The van der Waals surface area contributed by atoms with E-state index >= 15 is 0 Å². The molecule has 0 spiro atoms. The van der Waals surface area contributed by atoms with Gasteiger partial charge in [0, 0.05) is 38.8 Å². The van der Waals surface area contributed by atoms with E-state index in [0.29, 0.717) is 0 Å². The third-order valence-electron chi connectivity index (χ3n) is 10.2. The van der Waals surface area contributed by atoms with E-state index in [-0.39, 0.29) is 0 Å². The Morgan fingerprint density at radius 2 is 0.589 bits per heavy atom. The maximum absolute atomic E-state index is 6.97. The molecule has 2 heterocycles. The van der Waals surface area contributed by atoms with Gasteiger partial charge in [-0.3, -0.25) is 0 Å². The molecule has 2 aliphatic heterocycles. The van der Waals surface area contributed by atoms with Crippen molar-refractivity contribution in [2.45, 2.75) is 94.7 Å². The number of fused-ring (bicyclic) bond motifs is 2. The summed E-state index contributed by atoms with van der Waals surface area (Å²) in [6, 6.07) is 36.8. The minimum absolute atomic E-state index is 0.730. The summed E-state index contributed by atoms with van der Waals surface area (Å²) in [7, 11) is -2.22. The van der Waals surface area contributed by atoms with Crippen molar-refractivity contribution >= 4 is 47.7 Å². The van der Waals surface area contributed by atoms with Crippen molar-refractivity contribution in [2.24, 2.45) is 0 Å². The molecule has 0 N–H and O–H groups in total. The van der Waals surface area contributed by atoms with Crippen LogP contribution >= 0.6 is 15.8 Å². The summed E-state index contributed by atoms with van der Waals surface area (Å²) in [4.78, 5) is 0.